The lowest BCUT2D eigenvalue weighted by atomic mass is 9.78. The smallest absolute Gasteiger partial charge is 0.399 e. The maximum atomic E-state index is 13.2. The van der Waals surface area contributed by atoms with E-state index in [9.17, 15) is 14.4 Å². The molecule has 3 amide bonds. The summed E-state index contributed by atoms with van der Waals surface area (Å²) < 4.78 is 12.8. The number of imide groups is 1. The Balaban J connectivity index is 0.784. The Morgan fingerprint density at radius 2 is 1.33 bits per heavy atom. The Morgan fingerprint density at radius 3 is 1.97 bits per heavy atom. The van der Waals surface area contributed by atoms with Crippen molar-refractivity contribution in [1.29, 1.82) is 0 Å². The van der Waals surface area contributed by atoms with Gasteiger partial charge in [0.15, 0.2) is 0 Å². The zero-order valence-corrected chi connectivity index (χ0v) is 37.6. The van der Waals surface area contributed by atoms with Crippen molar-refractivity contribution in [2.75, 3.05) is 42.5 Å². The van der Waals surface area contributed by atoms with E-state index in [0.717, 1.165) is 68.7 Å². The third-order valence-electron chi connectivity index (χ3n) is 14.7. The van der Waals surface area contributed by atoms with Gasteiger partial charge in [0.05, 0.1) is 11.2 Å². The van der Waals surface area contributed by atoms with Crippen molar-refractivity contribution in [2.45, 2.75) is 109 Å². The molecule has 0 spiro atoms. The average molecular weight is 848 g/mol. The summed E-state index contributed by atoms with van der Waals surface area (Å²) in [4.78, 5) is 43.9. The summed E-state index contributed by atoms with van der Waals surface area (Å²) in [6, 6.07) is 34.8. The van der Waals surface area contributed by atoms with Crippen LogP contribution in [0.1, 0.15) is 112 Å². The van der Waals surface area contributed by atoms with Gasteiger partial charge in [-0.2, -0.15) is 0 Å². The molecule has 2 N–H and O–H groups in total. The van der Waals surface area contributed by atoms with Crippen molar-refractivity contribution < 1.29 is 23.7 Å². The second-order valence-electron chi connectivity index (χ2n) is 19.2. The fourth-order valence-electron chi connectivity index (χ4n) is 10.1. The predicted molar refractivity (Wildman–Crippen MR) is 252 cm³/mol. The standard InChI is InChI=1S/C52H62BN5O5/c1-6-44(36-10-8-7-9-11-36)48(37-12-16-40(17-13-37)53-62-51(2,3)52(4,5)63-53)38-14-18-42(19-15-38)56-28-24-35(25-29-56)33-54-41-26-30-57(31-27-41)43-20-21-45-39(32-43)34-58(50(45)61)46-22-23-47(59)55-49(46)60/h7-21,32,35,41,46,54H,6,22-31,33-34H2,1-5H3,(H,55,59,60)/b48-44+. The van der Waals surface area contributed by atoms with Crippen LogP contribution < -0.4 is 25.9 Å². The van der Waals surface area contributed by atoms with Gasteiger partial charge in [0.1, 0.15) is 6.04 Å². The number of allylic oxidation sites excluding steroid dienone is 1. The molecule has 5 heterocycles. The Labute approximate surface area is 373 Å². The number of nitrogens with one attached hydrogen (secondary N) is 2. The fraction of sp³-hybridized carbons (Fsp3) is 0.442. The third-order valence-corrected chi connectivity index (χ3v) is 14.7. The van der Waals surface area contributed by atoms with Crippen LogP contribution in [0.15, 0.2) is 97.1 Å². The predicted octanol–water partition coefficient (Wildman–Crippen LogP) is 7.59. The minimum Gasteiger partial charge on any atom is -0.399 e. The fourth-order valence-corrected chi connectivity index (χ4v) is 10.1. The molecule has 1 unspecified atom stereocenters. The molecule has 11 heteroatoms. The highest BCUT2D eigenvalue weighted by atomic mass is 16.7. The van der Waals surface area contributed by atoms with E-state index < -0.39 is 13.2 Å². The summed E-state index contributed by atoms with van der Waals surface area (Å²) in [5.74, 6) is -0.102. The molecule has 5 aliphatic rings. The largest absolute Gasteiger partial charge is 0.494 e. The summed E-state index contributed by atoms with van der Waals surface area (Å²) in [7, 11) is -0.392. The van der Waals surface area contributed by atoms with Crippen molar-refractivity contribution in [1.82, 2.24) is 15.5 Å². The second kappa shape index (κ2) is 17.7. The number of anilines is 2. The van der Waals surface area contributed by atoms with E-state index in [0.29, 0.717) is 30.5 Å². The summed E-state index contributed by atoms with van der Waals surface area (Å²) in [5, 5.41) is 6.32. The monoisotopic (exact) mass is 847 g/mol. The first-order chi connectivity index (χ1) is 30.4. The Hall–Kier alpha value is -5.23. The molecule has 0 saturated carbocycles. The van der Waals surface area contributed by atoms with Crippen LogP contribution in [0.25, 0.3) is 11.1 Å². The molecule has 4 saturated heterocycles. The van der Waals surface area contributed by atoms with Gasteiger partial charge < -0.3 is 29.3 Å². The van der Waals surface area contributed by atoms with Crippen molar-refractivity contribution in [3.8, 4) is 0 Å². The van der Waals surface area contributed by atoms with Gasteiger partial charge in [-0.25, -0.2) is 0 Å². The second-order valence-corrected chi connectivity index (χ2v) is 19.2. The number of piperidine rings is 3. The van der Waals surface area contributed by atoms with Gasteiger partial charge in [-0.15, -0.1) is 0 Å². The van der Waals surface area contributed by atoms with Gasteiger partial charge in [0.25, 0.3) is 5.91 Å². The number of nitrogens with zero attached hydrogens (tertiary/aromatic N) is 3. The van der Waals surface area contributed by atoms with Crippen LogP contribution >= 0.6 is 0 Å². The highest BCUT2D eigenvalue weighted by Gasteiger charge is 2.51. The van der Waals surface area contributed by atoms with Gasteiger partial charge in [0.2, 0.25) is 11.8 Å². The summed E-state index contributed by atoms with van der Waals surface area (Å²) in [6.07, 6.45) is 6.05. The van der Waals surface area contributed by atoms with E-state index in [-0.39, 0.29) is 35.3 Å². The Kier molecular flexibility index (Phi) is 12.1. The van der Waals surface area contributed by atoms with Crippen LogP contribution in [-0.2, 0) is 25.4 Å². The third kappa shape index (κ3) is 8.85. The van der Waals surface area contributed by atoms with Crippen LogP contribution in [0.2, 0.25) is 0 Å². The average Bonchev–Trinajstić information content (AvgIpc) is 3.74. The first-order valence-corrected chi connectivity index (χ1v) is 23.2. The van der Waals surface area contributed by atoms with E-state index in [2.05, 4.69) is 140 Å². The molecule has 0 bridgehead atoms. The minimum absolute atomic E-state index is 0.123. The Bertz CT molecular complexity index is 2330. The van der Waals surface area contributed by atoms with E-state index in [1.807, 2.05) is 12.1 Å². The lowest BCUT2D eigenvalue weighted by Gasteiger charge is -2.37. The van der Waals surface area contributed by atoms with Crippen molar-refractivity contribution in [3.05, 3.63) is 125 Å². The van der Waals surface area contributed by atoms with Crippen LogP contribution in [0.5, 0.6) is 0 Å². The SMILES string of the molecule is CC/C(=C(/c1ccc(B2OC(C)(C)C(C)(C)O2)cc1)c1ccc(N2CCC(CNC3CCN(c4ccc5c(c4)CN(C4CCC(=O)NC4=O)C5=O)CC3)CC2)cc1)c1ccccc1. The quantitative estimate of drug-likeness (QED) is 0.0905. The maximum absolute atomic E-state index is 13.2. The van der Waals surface area contributed by atoms with E-state index in [4.69, 9.17) is 9.31 Å². The lowest BCUT2D eigenvalue weighted by molar-refractivity contribution is -0.136. The molecular formula is C52H62BN5O5. The van der Waals surface area contributed by atoms with Gasteiger partial charge in [0, 0.05) is 62.1 Å². The maximum Gasteiger partial charge on any atom is 0.494 e. The number of amides is 3. The van der Waals surface area contributed by atoms with E-state index in [1.54, 1.807) is 4.90 Å². The molecule has 0 radical (unpaired) electrons. The minimum atomic E-state index is -0.589. The molecule has 0 aliphatic carbocycles. The van der Waals surface area contributed by atoms with Crippen LogP contribution in [0.4, 0.5) is 11.4 Å². The zero-order chi connectivity index (χ0) is 43.9. The first kappa shape index (κ1) is 43.0. The number of hydrogen-bond acceptors (Lipinski definition) is 8. The zero-order valence-electron chi connectivity index (χ0n) is 37.6. The molecule has 4 aromatic rings. The molecule has 1 atom stereocenters. The van der Waals surface area contributed by atoms with Crippen LogP contribution in [-0.4, -0.2) is 85.7 Å². The molecule has 4 aromatic carbocycles. The van der Waals surface area contributed by atoms with Gasteiger partial charge in [-0.05, 0) is 148 Å². The molecule has 0 aromatic heterocycles. The molecule has 9 rings (SSSR count). The number of benzene rings is 4. The van der Waals surface area contributed by atoms with Crippen molar-refractivity contribution >= 4 is 52.8 Å². The number of carbonyl (C=O) groups excluding carboxylic acids is 3. The van der Waals surface area contributed by atoms with E-state index in [1.165, 1.54) is 46.4 Å². The van der Waals surface area contributed by atoms with E-state index >= 15 is 0 Å². The molecule has 4 fully saturated rings. The summed E-state index contributed by atoms with van der Waals surface area (Å²) in [6.45, 7) is 16.1. The number of rotatable bonds is 11. The van der Waals surface area contributed by atoms with Crippen LogP contribution in [0.3, 0.4) is 0 Å². The van der Waals surface area contributed by atoms with Gasteiger partial charge in [-0.1, -0.05) is 73.7 Å². The number of hydrogen-bond donors (Lipinski definition) is 2. The normalized spacial score (nSPS) is 22.0. The van der Waals surface area contributed by atoms with Gasteiger partial charge >= 0.3 is 7.12 Å². The lowest BCUT2D eigenvalue weighted by Crippen LogP contribution is -2.52. The Morgan fingerprint density at radius 1 is 0.730 bits per heavy atom. The van der Waals surface area contributed by atoms with Gasteiger partial charge in [-0.3, -0.25) is 19.7 Å². The highest BCUT2D eigenvalue weighted by molar-refractivity contribution is 6.62. The first-order valence-electron chi connectivity index (χ1n) is 23.2. The highest BCUT2D eigenvalue weighted by Crippen LogP contribution is 2.39. The number of fused-ring (bicyclic) bond motifs is 1. The molecular weight excluding hydrogens is 785 g/mol. The summed E-state index contributed by atoms with van der Waals surface area (Å²) in [5.41, 5.74) is 10.5. The number of carbonyl (C=O) groups is 3. The molecule has 10 nitrogen and oxygen atoms in total. The van der Waals surface area contributed by atoms with Crippen molar-refractivity contribution in [2.24, 2.45) is 5.92 Å². The summed E-state index contributed by atoms with van der Waals surface area (Å²) >= 11 is 0. The van der Waals surface area contributed by atoms with Crippen molar-refractivity contribution in [3.63, 3.8) is 0 Å². The molecule has 5 aliphatic heterocycles. The van der Waals surface area contributed by atoms with Crippen LogP contribution in [0, 0.1) is 5.92 Å². The molecule has 63 heavy (non-hydrogen) atoms. The topological polar surface area (TPSA) is 103 Å². The molecule has 328 valence electrons.